The molecule has 0 heterocycles. The predicted octanol–water partition coefficient (Wildman–Crippen LogP) is 2.20. The fraction of sp³-hybridized carbons (Fsp3) is 0.222. The monoisotopic (exact) mass is 199 g/mol. The summed E-state index contributed by atoms with van der Waals surface area (Å²) < 4.78 is 5.00. The Hall–Kier alpha value is -1.22. The molecule has 0 radical (unpaired) electrons. The molecule has 0 atom stereocenters. The predicted molar refractivity (Wildman–Crippen MR) is 52.9 cm³/mol. The first-order valence-electron chi connectivity index (χ1n) is 3.73. The van der Waals surface area contributed by atoms with Crippen LogP contribution in [0.5, 0.6) is 5.75 Å². The Kier molecular flexibility index (Phi) is 3.14. The van der Waals surface area contributed by atoms with Crippen LogP contribution in [0, 0.1) is 0 Å². The van der Waals surface area contributed by atoms with E-state index in [0.717, 1.165) is 6.29 Å². The van der Waals surface area contributed by atoms with Gasteiger partial charge in [0.2, 0.25) is 0 Å². The first-order chi connectivity index (χ1) is 6.22. The lowest BCUT2D eigenvalue weighted by Crippen LogP contribution is -1.94. The maximum absolute atomic E-state index is 10.5. The van der Waals surface area contributed by atoms with Crippen molar-refractivity contribution in [3.05, 3.63) is 22.7 Å². The van der Waals surface area contributed by atoms with Gasteiger partial charge in [0.15, 0.2) is 0 Å². The molecule has 3 nitrogen and oxygen atoms in total. The van der Waals surface area contributed by atoms with Crippen molar-refractivity contribution in [2.75, 3.05) is 19.5 Å². The zero-order chi connectivity index (χ0) is 9.84. The number of rotatable bonds is 3. The third-order valence-electron chi connectivity index (χ3n) is 1.69. The standard InChI is InChI=1S/C9H10ClNO2/c1-11-7-3-6(5-12)4-8(13-2)9(7)10/h3-5,11H,1-2H3. The zero-order valence-electron chi connectivity index (χ0n) is 7.43. The van der Waals surface area contributed by atoms with Gasteiger partial charge in [-0.3, -0.25) is 4.79 Å². The van der Waals surface area contributed by atoms with Crippen LogP contribution in [0.2, 0.25) is 5.02 Å². The van der Waals surface area contributed by atoms with Crippen LogP contribution < -0.4 is 10.1 Å². The summed E-state index contributed by atoms with van der Waals surface area (Å²) in [5, 5.41) is 3.36. The maximum atomic E-state index is 10.5. The lowest BCUT2D eigenvalue weighted by molar-refractivity contribution is 0.112. The number of nitrogens with one attached hydrogen (secondary N) is 1. The molecule has 4 heteroatoms. The number of anilines is 1. The van der Waals surface area contributed by atoms with Gasteiger partial charge in [-0.1, -0.05) is 11.6 Å². The van der Waals surface area contributed by atoms with Crippen molar-refractivity contribution < 1.29 is 9.53 Å². The highest BCUT2D eigenvalue weighted by molar-refractivity contribution is 6.34. The molecule has 0 fully saturated rings. The van der Waals surface area contributed by atoms with Gasteiger partial charge in [0.1, 0.15) is 17.1 Å². The summed E-state index contributed by atoms with van der Waals surface area (Å²) in [7, 11) is 3.24. The van der Waals surface area contributed by atoms with Crippen molar-refractivity contribution in [2.24, 2.45) is 0 Å². The first-order valence-corrected chi connectivity index (χ1v) is 4.11. The molecule has 0 unspecified atom stereocenters. The van der Waals surface area contributed by atoms with E-state index in [2.05, 4.69) is 5.32 Å². The Morgan fingerprint density at radius 1 is 1.54 bits per heavy atom. The number of halogens is 1. The lowest BCUT2D eigenvalue weighted by Gasteiger charge is -2.08. The van der Waals surface area contributed by atoms with E-state index in [-0.39, 0.29) is 0 Å². The Morgan fingerprint density at radius 2 is 2.23 bits per heavy atom. The number of carbonyl (C=O) groups is 1. The number of ether oxygens (including phenoxy) is 1. The van der Waals surface area contributed by atoms with Crippen molar-refractivity contribution >= 4 is 23.6 Å². The highest BCUT2D eigenvalue weighted by atomic mass is 35.5. The van der Waals surface area contributed by atoms with E-state index >= 15 is 0 Å². The van der Waals surface area contributed by atoms with Gasteiger partial charge in [-0.15, -0.1) is 0 Å². The SMILES string of the molecule is CNc1cc(C=O)cc(OC)c1Cl. The molecule has 0 aliphatic carbocycles. The summed E-state index contributed by atoms with van der Waals surface area (Å²) in [6.45, 7) is 0. The van der Waals surface area contributed by atoms with Gasteiger partial charge in [0.25, 0.3) is 0 Å². The Morgan fingerprint density at radius 3 is 2.69 bits per heavy atom. The lowest BCUT2D eigenvalue weighted by atomic mass is 10.2. The second-order valence-corrected chi connectivity index (χ2v) is 2.83. The number of aldehydes is 1. The van der Waals surface area contributed by atoms with Crippen molar-refractivity contribution in [1.29, 1.82) is 0 Å². The Bertz CT molecular complexity index is 300. The van der Waals surface area contributed by atoms with Gasteiger partial charge >= 0.3 is 0 Å². The van der Waals surface area contributed by atoms with Crippen molar-refractivity contribution in [3.63, 3.8) is 0 Å². The van der Waals surface area contributed by atoms with E-state index in [1.807, 2.05) is 0 Å². The van der Waals surface area contributed by atoms with Crippen LogP contribution in [0.4, 0.5) is 5.69 Å². The molecule has 70 valence electrons. The van der Waals surface area contributed by atoms with Crippen LogP contribution in [0.15, 0.2) is 12.1 Å². The molecule has 0 bridgehead atoms. The second kappa shape index (κ2) is 4.14. The number of benzene rings is 1. The van der Waals surface area contributed by atoms with Gasteiger partial charge in [0.05, 0.1) is 12.8 Å². The average Bonchev–Trinajstić information content (AvgIpc) is 2.18. The van der Waals surface area contributed by atoms with Crippen molar-refractivity contribution in [1.82, 2.24) is 0 Å². The first kappa shape index (κ1) is 9.86. The minimum absolute atomic E-state index is 0.482. The summed E-state index contributed by atoms with van der Waals surface area (Å²) in [6.07, 6.45) is 0.750. The Balaban J connectivity index is 3.28. The highest BCUT2D eigenvalue weighted by Crippen LogP contribution is 2.32. The zero-order valence-corrected chi connectivity index (χ0v) is 8.18. The molecule has 0 aliphatic rings. The summed E-state index contributed by atoms with van der Waals surface area (Å²) in [4.78, 5) is 10.5. The minimum atomic E-state index is 0.482. The maximum Gasteiger partial charge on any atom is 0.150 e. The fourth-order valence-corrected chi connectivity index (χ4v) is 1.30. The van der Waals surface area contributed by atoms with Crippen molar-refractivity contribution in [2.45, 2.75) is 0 Å². The van der Waals surface area contributed by atoms with Crippen LogP contribution in [-0.4, -0.2) is 20.4 Å². The quantitative estimate of drug-likeness (QED) is 0.759. The number of hydrogen-bond donors (Lipinski definition) is 1. The van der Waals surface area contributed by atoms with Gasteiger partial charge < -0.3 is 10.1 Å². The Labute approximate surface area is 81.7 Å². The molecule has 0 amide bonds. The third kappa shape index (κ3) is 1.92. The van der Waals surface area contributed by atoms with Gasteiger partial charge in [-0.25, -0.2) is 0 Å². The van der Waals surface area contributed by atoms with E-state index in [9.17, 15) is 4.79 Å². The molecular formula is C9H10ClNO2. The van der Waals surface area contributed by atoms with E-state index in [4.69, 9.17) is 16.3 Å². The van der Waals surface area contributed by atoms with Crippen LogP contribution >= 0.6 is 11.6 Å². The van der Waals surface area contributed by atoms with E-state index in [0.29, 0.717) is 22.0 Å². The van der Waals surface area contributed by atoms with Gasteiger partial charge in [-0.2, -0.15) is 0 Å². The topological polar surface area (TPSA) is 38.3 Å². The summed E-state index contributed by atoms with van der Waals surface area (Å²) in [5.74, 6) is 0.496. The van der Waals surface area contributed by atoms with Gasteiger partial charge in [0, 0.05) is 12.6 Å². The molecule has 1 aromatic rings. The van der Waals surface area contributed by atoms with E-state index in [1.165, 1.54) is 7.11 Å². The molecule has 0 spiro atoms. The average molecular weight is 200 g/mol. The molecule has 13 heavy (non-hydrogen) atoms. The molecule has 1 aromatic carbocycles. The molecule has 1 rings (SSSR count). The van der Waals surface area contributed by atoms with E-state index in [1.54, 1.807) is 19.2 Å². The third-order valence-corrected chi connectivity index (χ3v) is 2.08. The molecule has 0 aromatic heterocycles. The molecule has 1 N–H and O–H groups in total. The number of methoxy groups -OCH3 is 1. The summed E-state index contributed by atoms with van der Waals surface area (Å²) in [6, 6.07) is 3.26. The van der Waals surface area contributed by atoms with Crippen LogP contribution in [-0.2, 0) is 0 Å². The van der Waals surface area contributed by atoms with Crippen LogP contribution in [0.25, 0.3) is 0 Å². The van der Waals surface area contributed by atoms with Crippen LogP contribution in [0.3, 0.4) is 0 Å². The second-order valence-electron chi connectivity index (χ2n) is 2.45. The largest absolute Gasteiger partial charge is 0.495 e. The summed E-state index contributed by atoms with van der Waals surface area (Å²) >= 11 is 5.93. The van der Waals surface area contributed by atoms with Crippen molar-refractivity contribution in [3.8, 4) is 5.75 Å². The fourth-order valence-electron chi connectivity index (χ4n) is 1.02. The molecule has 0 aliphatic heterocycles. The number of hydrogen-bond acceptors (Lipinski definition) is 3. The number of carbonyl (C=O) groups excluding carboxylic acids is 1. The van der Waals surface area contributed by atoms with Crippen LogP contribution in [0.1, 0.15) is 10.4 Å². The highest BCUT2D eigenvalue weighted by Gasteiger charge is 2.07. The van der Waals surface area contributed by atoms with E-state index < -0.39 is 0 Å². The molecular weight excluding hydrogens is 190 g/mol. The minimum Gasteiger partial charge on any atom is -0.495 e. The smallest absolute Gasteiger partial charge is 0.150 e. The van der Waals surface area contributed by atoms with Gasteiger partial charge in [-0.05, 0) is 12.1 Å². The molecule has 0 saturated heterocycles. The summed E-state index contributed by atoms with van der Waals surface area (Å²) in [5.41, 5.74) is 1.22. The normalized spacial score (nSPS) is 9.46. The molecule has 0 saturated carbocycles.